The number of aliphatic hydroxyl groups is 1. The molecule has 0 spiro atoms. The molecule has 3 rings (SSSR count). The van der Waals surface area contributed by atoms with Gasteiger partial charge in [0.05, 0.1) is 18.8 Å². The number of aliphatic imine (C=N–C) groups is 1. The van der Waals surface area contributed by atoms with Crippen LogP contribution in [0.3, 0.4) is 0 Å². The fourth-order valence-corrected chi connectivity index (χ4v) is 3.32. The van der Waals surface area contributed by atoms with Gasteiger partial charge in [0.25, 0.3) is 0 Å². The van der Waals surface area contributed by atoms with Gasteiger partial charge in [-0.05, 0) is 56.5 Å². The van der Waals surface area contributed by atoms with Crippen LogP contribution in [-0.2, 0) is 6.42 Å². The highest BCUT2D eigenvalue weighted by atomic mass is 127. The summed E-state index contributed by atoms with van der Waals surface area (Å²) in [5.41, 5.74) is 3.25. The maximum absolute atomic E-state index is 10.5. The van der Waals surface area contributed by atoms with Crippen molar-refractivity contribution in [1.82, 2.24) is 15.6 Å². The van der Waals surface area contributed by atoms with Crippen molar-refractivity contribution in [1.29, 1.82) is 0 Å². The van der Waals surface area contributed by atoms with Gasteiger partial charge in [0.15, 0.2) is 5.96 Å². The molecule has 3 aromatic rings. The molecule has 2 aromatic carbocycles. The van der Waals surface area contributed by atoms with Gasteiger partial charge in [-0.15, -0.1) is 24.0 Å². The first kappa shape index (κ1) is 25.0. The summed E-state index contributed by atoms with van der Waals surface area (Å²) >= 11 is 0. The van der Waals surface area contributed by atoms with Gasteiger partial charge in [-0.2, -0.15) is 0 Å². The van der Waals surface area contributed by atoms with Crippen LogP contribution in [0.4, 0.5) is 0 Å². The molecule has 1 heterocycles. The highest BCUT2D eigenvalue weighted by Crippen LogP contribution is 2.19. The summed E-state index contributed by atoms with van der Waals surface area (Å²) in [6, 6.07) is 15.8. The van der Waals surface area contributed by atoms with E-state index in [0.29, 0.717) is 5.96 Å². The Morgan fingerprint density at radius 3 is 2.55 bits per heavy atom. The molecule has 0 aliphatic carbocycles. The van der Waals surface area contributed by atoms with Crippen LogP contribution >= 0.6 is 24.0 Å². The fraction of sp³-hybridized carbons (Fsp3) is 0.375. The maximum Gasteiger partial charge on any atom is 0.191 e. The normalized spacial score (nSPS) is 12.5. The van der Waals surface area contributed by atoms with Gasteiger partial charge in [0.2, 0.25) is 0 Å². The van der Waals surface area contributed by atoms with Crippen LogP contribution in [0.2, 0.25) is 0 Å². The Balaban J connectivity index is 0.00000341. The molecule has 168 valence electrons. The van der Waals surface area contributed by atoms with E-state index in [0.717, 1.165) is 36.3 Å². The molecular formula is C24H33IN4O2. The van der Waals surface area contributed by atoms with E-state index < -0.39 is 6.10 Å². The highest BCUT2D eigenvalue weighted by Gasteiger charge is 2.09. The minimum absolute atomic E-state index is 0. The largest absolute Gasteiger partial charge is 0.491 e. The third-order valence-electron chi connectivity index (χ3n) is 4.76. The van der Waals surface area contributed by atoms with Crippen molar-refractivity contribution in [2.45, 2.75) is 39.4 Å². The second kappa shape index (κ2) is 12.6. The molecule has 1 atom stereocenters. The molecule has 1 unspecified atom stereocenters. The van der Waals surface area contributed by atoms with Gasteiger partial charge < -0.3 is 25.5 Å². The minimum atomic E-state index is -0.665. The monoisotopic (exact) mass is 536 g/mol. The van der Waals surface area contributed by atoms with E-state index in [-0.39, 0.29) is 36.6 Å². The van der Waals surface area contributed by atoms with Crippen molar-refractivity contribution in [3.8, 4) is 5.75 Å². The van der Waals surface area contributed by atoms with Crippen molar-refractivity contribution in [2.24, 2.45) is 4.99 Å². The first-order chi connectivity index (χ1) is 14.6. The topological polar surface area (TPSA) is 81.7 Å². The number of halogens is 1. The zero-order valence-corrected chi connectivity index (χ0v) is 20.7. The Morgan fingerprint density at radius 1 is 1.10 bits per heavy atom. The molecule has 4 N–H and O–H groups in total. The number of ether oxygens (including phenoxy) is 1. The molecule has 0 saturated carbocycles. The number of nitrogens with zero attached hydrogens (tertiary/aromatic N) is 1. The SMILES string of the molecule is CCNC(=NCC(O)c1ccc(OC(C)C)cc1)NCCc1c[nH]c2ccccc12.I. The molecular weight excluding hydrogens is 503 g/mol. The molecule has 0 aliphatic rings. The van der Waals surface area contributed by atoms with Crippen molar-refractivity contribution in [3.63, 3.8) is 0 Å². The number of fused-ring (bicyclic) bond motifs is 1. The fourth-order valence-electron chi connectivity index (χ4n) is 3.32. The molecule has 1 aromatic heterocycles. The summed E-state index contributed by atoms with van der Waals surface area (Å²) in [5, 5.41) is 18.3. The standard InChI is InChI=1S/C24H32N4O2.HI/c1-4-25-24(26-14-13-19-15-27-22-8-6-5-7-21(19)22)28-16-23(29)18-9-11-20(12-10-18)30-17(2)3;/h5-12,15,17,23,27,29H,4,13-14,16H2,1-3H3,(H2,25,26,28);1H. The first-order valence-electron chi connectivity index (χ1n) is 10.6. The van der Waals surface area contributed by atoms with Crippen LogP contribution in [0, 0.1) is 0 Å². The maximum atomic E-state index is 10.5. The molecule has 0 aliphatic heterocycles. The summed E-state index contributed by atoms with van der Waals surface area (Å²) in [6.07, 6.45) is 2.41. The molecule has 7 heteroatoms. The van der Waals surface area contributed by atoms with E-state index in [1.54, 1.807) is 0 Å². The van der Waals surface area contributed by atoms with Gasteiger partial charge in [-0.1, -0.05) is 30.3 Å². The van der Waals surface area contributed by atoms with Crippen LogP contribution in [0.15, 0.2) is 59.7 Å². The smallest absolute Gasteiger partial charge is 0.191 e. The van der Waals surface area contributed by atoms with Gasteiger partial charge in [-0.3, -0.25) is 4.99 Å². The Morgan fingerprint density at radius 2 is 1.84 bits per heavy atom. The molecule has 0 fully saturated rings. The lowest BCUT2D eigenvalue weighted by Gasteiger charge is -2.14. The Bertz CT molecular complexity index is 954. The lowest BCUT2D eigenvalue weighted by atomic mass is 10.1. The zero-order chi connectivity index (χ0) is 21.3. The summed E-state index contributed by atoms with van der Waals surface area (Å²) < 4.78 is 5.65. The predicted octanol–water partition coefficient (Wildman–Crippen LogP) is 4.40. The lowest BCUT2D eigenvalue weighted by Crippen LogP contribution is -2.38. The number of hydrogen-bond donors (Lipinski definition) is 4. The quantitative estimate of drug-likeness (QED) is 0.186. The van der Waals surface area contributed by atoms with Crippen molar-refractivity contribution >= 4 is 40.8 Å². The average Bonchev–Trinajstić information content (AvgIpc) is 3.15. The van der Waals surface area contributed by atoms with Crippen molar-refractivity contribution in [3.05, 3.63) is 65.9 Å². The van der Waals surface area contributed by atoms with E-state index in [1.165, 1.54) is 10.9 Å². The Labute approximate surface area is 201 Å². The van der Waals surface area contributed by atoms with E-state index in [4.69, 9.17) is 4.74 Å². The van der Waals surface area contributed by atoms with E-state index >= 15 is 0 Å². The number of aromatic amines is 1. The highest BCUT2D eigenvalue weighted by molar-refractivity contribution is 14.0. The van der Waals surface area contributed by atoms with Crippen LogP contribution in [0.25, 0.3) is 10.9 Å². The average molecular weight is 536 g/mol. The second-order valence-corrected chi connectivity index (χ2v) is 7.51. The van der Waals surface area contributed by atoms with Gasteiger partial charge in [-0.25, -0.2) is 0 Å². The Kier molecular flexibility index (Phi) is 10.1. The number of hydrogen-bond acceptors (Lipinski definition) is 3. The van der Waals surface area contributed by atoms with E-state index in [2.05, 4.69) is 45.0 Å². The zero-order valence-electron chi connectivity index (χ0n) is 18.4. The van der Waals surface area contributed by atoms with Gasteiger partial charge >= 0.3 is 0 Å². The number of H-pyrrole nitrogens is 1. The summed E-state index contributed by atoms with van der Waals surface area (Å²) in [5.74, 6) is 1.51. The van der Waals surface area contributed by atoms with Crippen LogP contribution < -0.4 is 15.4 Å². The molecule has 0 saturated heterocycles. The number of para-hydroxylation sites is 1. The third-order valence-corrected chi connectivity index (χ3v) is 4.76. The van der Waals surface area contributed by atoms with Crippen molar-refractivity contribution in [2.75, 3.05) is 19.6 Å². The lowest BCUT2D eigenvalue weighted by molar-refractivity contribution is 0.186. The summed E-state index contributed by atoms with van der Waals surface area (Å²) in [7, 11) is 0. The number of aliphatic hydroxyl groups excluding tert-OH is 1. The van der Waals surface area contributed by atoms with Crippen molar-refractivity contribution < 1.29 is 9.84 Å². The third kappa shape index (κ3) is 7.43. The molecule has 0 radical (unpaired) electrons. The molecule has 6 nitrogen and oxygen atoms in total. The first-order valence-corrected chi connectivity index (χ1v) is 10.6. The molecule has 0 bridgehead atoms. The number of aromatic nitrogens is 1. The van der Waals surface area contributed by atoms with Gasteiger partial charge in [0.1, 0.15) is 5.75 Å². The molecule has 31 heavy (non-hydrogen) atoms. The summed E-state index contributed by atoms with van der Waals surface area (Å²) in [6.45, 7) is 7.81. The number of rotatable bonds is 9. The number of benzene rings is 2. The molecule has 0 amide bonds. The summed E-state index contributed by atoms with van der Waals surface area (Å²) in [4.78, 5) is 7.86. The van der Waals surface area contributed by atoms with Crippen LogP contribution in [0.5, 0.6) is 5.75 Å². The minimum Gasteiger partial charge on any atom is -0.491 e. The van der Waals surface area contributed by atoms with E-state index in [9.17, 15) is 5.11 Å². The Hall–Kier alpha value is -2.26. The van der Waals surface area contributed by atoms with E-state index in [1.807, 2.05) is 51.1 Å². The van der Waals surface area contributed by atoms with Crippen LogP contribution in [-0.4, -0.2) is 41.8 Å². The number of guanidine groups is 1. The van der Waals surface area contributed by atoms with Gasteiger partial charge in [0, 0.05) is 30.2 Å². The number of nitrogens with one attached hydrogen (secondary N) is 3. The second-order valence-electron chi connectivity index (χ2n) is 7.51. The van der Waals surface area contributed by atoms with Crippen LogP contribution in [0.1, 0.15) is 38.0 Å². The predicted molar refractivity (Wildman–Crippen MR) is 139 cm³/mol.